The van der Waals surface area contributed by atoms with Crippen LogP contribution in [0.1, 0.15) is 23.1 Å². The number of alkyl halides is 3. The van der Waals surface area contributed by atoms with Gasteiger partial charge in [0.25, 0.3) is 0 Å². The SMILES string of the molecule is O=S(=O)(CCc1cccc(Cl)c1)NCc1cccc(C2=NOC(O)(C(F)(F)F)C2)c1. The van der Waals surface area contributed by atoms with Crippen LogP contribution in [-0.2, 0) is 27.8 Å². The predicted molar refractivity (Wildman–Crippen MR) is 105 cm³/mol. The highest BCUT2D eigenvalue weighted by Crippen LogP contribution is 2.38. The Morgan fingerprint density at radius 3 is 2.53 bits per heavy atom. The predicted octanol–water partition coefficient (Wildman–Crippen LogP) is 3.38. The summed E-state index contributed by atoms with van der Waals surface area (Å²) in [6, 6.07) is 13.1. The zero-order valence-electron chi connectivity index (χ0n) is 15.5. The molecule has 3 rings (SSSR count). The van der Waals surface area contributed by atoms with Crippen molar-refractivity contribution in [3.8, 4) is 0 Å². The van der Waals surface area contributed by atoms with E-state index >= 15 is 0 Å². The van der Waals surface area contributed by atoms with Gasteiger partial charge < -0.3 is 9.94 Å². The summed E-state index contributed by atoms with van der Waals surface area (Å²) < 4.78 is 65.5. The van der Waals surface area contributed by atoms with E-state index in [1.165, 1.54) is 12.1 Å². The second kappa shape index (κ2) is 8.54. The molecule has 162 valence electrons. The lowest BCUT2D eigenvalue weighted by molar-refractivity contribution is -0.355. The molecular weight excluding hydrogens is 445 g/mol. The van der Waals surface area contributed by atoms with Gasteiger partial charge in [-0.2, -0.15) is 13.2 Å². The molecule has 1 aliphatic rings. The van der Waals surface area contributed by atoms with Crippen LogP contribution in [0.3, 0.4) is 0 Å². The van der Waals surface area contributed by atoms with Crippen molar-refractivity contribution >= 4 is 27.3 Å². The van der Waals surface area contributed by atoms with Crippen LogP contribution in [0, 0.1) is 0 Å². The number of halogens is 4. The van der Waals surface area contributed by atoms with Gasteiger partial charge in [-0.15, -0.1) is 0 Å². The smallest absolute Gasteiger partial charge is 0.350 e. The maximum atomic E-state index is 12.9. The standard InChI is InChI=1S/C19H18ClF3N2O4S/c20-16-6-2-3-13(10-16)7-8-30(27,28)24-12-14-4-1-5-15(9-14)17-11-18(26,29-25-17)19(21,22)23/h1-6,9-10,24,26H,7-8,11-12H2. The zero-order valence-corrected chi connectivity index (χ0v) is 17.1. The molecule has 0 fully saturated rings. The topological polar surface area (TPSA) is 88.0 Å². The number of rotatable bonds is 7. The summed E-state index contributed by atoms with van der Waals surface area (Å²) >= 11 is 5.89. The molecule has 0 saturated heterocycles. The molecule has 0 amide bonds. The molecule has 1 heterocycles. The van der Waals surface area contributed by atoms with E-state index in [2.05, 4.69) is 14.7 Å². The van der Waals surface area contributed by atoms with Crippen molar-refractivity contribution in [3.63, 3.8) is 0 Å². The first-order valence-electron chi connectivity index (χ1n) is 8.83. The Hall–Kier alpha value is -2.14. The van der Waals surface area contributed by atoms with Gasteiger partial charge in [0.1, 0.15) is 0 Å². The number of nitrogens with zero attached hydrogens (tertiary/aromatic N) is 1. The summed E-state index contributed by atoms with van der Waals surface area (Å²) in [6.45, 7) is -0.0522. The second-order valence-corrected chi connectivity index (χ2v) is 9.17. The summed E-state index contributed by atoms with van der Waals surface area (Å²) in [5.41, 5.74) is 1.52. The van der Waals surface area contributed by atoms with E-state index < -0.39 is 28.4 Å². The molecular formula is C19H18ClF3N2O4S. The van der Waals surface area contributed by atoms with Gasteiger partial charge >= 0.3 is 12.0 Å². The lowest BCUT2D eigenvalue weighted by Crippen LogP contribution is -2.45. The monoisotopic (exact) mass is 462 g/mol. The third-order valence-electron chi connectivity index (χ3n) is 4.46. The Labute approximate surface area is 176 Å². The summed E-state index contributed by atoms with van der Waals surface area (Å²) in [5, 5.41) is 13.4. The minimum atomic E-state index is -4.99. The summed E-state index contributed by atoms with van der Waals surface area (Å²) in [4.78, 5) is 4.21. The number of nitrogens with one attached hydrogen (secondary N) is 1. The molecule has 2 aromatic carbocycles. The van der Waals surface area contributed by atoms with Gasteiger partial charge in [-0.3, -0.25) is 0 Å². The molecule has 0 spiro atoms. The highest BCUT2D eigenvalue weighted by molar-refractivity contribution is 7.89. The van der Waals surface area contributed by atoms with Crippen molar-refractivity contribution < 1.29 is 31.5 Å². The van der Waals surface area contributed by atoms with Crippen LogP contribution in [0.4, 0.5) is 13.2 Å². The quantitative estimate of drug-likeness (QED) is 0.660. The minimum Gasteiger partial charge on any atom is -0.350 e. The highest BCUT2D eigenvalue weighted by atomic mass is 35.5. The third-order valence-corrected chi connectivity index (χ3v) is 6.02. The Bertz CT molecular complexity index is 1060. The number of aryl methyl sites for hydroxylation is 1. The van der Waals surface area contributed by atoms with E-state index in [1.807, 2.05) is 0 Å². The van der Waals surface area contributed by atoms with Gasteiger partial charge in [0.2, 0.25) is 10.0 Å². The van der Waals surface area contributed by atoms with Gasteiger partial charge in [-0.1, -0.05) is 47.1 Å². The van der Waals surface area contributed by atoms with Crippen LogP contribution in [0.5, 0.6) is 0 Å². The van der Waals surface area contributed by atoms with Crippen molar-refractivity contribution in [2.24, 2.45) is 5.16 Å². The lowest BCUT2D eigenvalue weighted by atomic mass is 10.0. The molecule has 11 heteroatoms. The normalized spacial score (nSPS) is 19.4. The van der Waals surface area contributed by atoms with Gasteiger partial charge in [0.05, 0.1) is 17.9 Å². The number of hydrogen-bond acceptors (Lipinski definition) is 5. The van der Waals surface area contributed by atoms with E-state index in [9.17, 15) is 26.7 Å². The third kappa shape index (κ3) is 5.51. The molecule has 0 bridgehead atoms. The van der Waals surface area contributed by atoms with E-state index in [-0.39, 0.29) is 24.4 Å². The Kier molecular flexibility index (Phi) is 6.42. The fourth-order valence-corrected chi connectivity index (χ4v) is 4.05. The van der Waals surface area contributed by atoms with Crippen molar-refractivity contribution in [2.75, 3.05) is 5.75 Å². The second-order valence-electron chi connectivity index (χ2n) is 6.81. The van der Waals surface area contributed by atoms with Crippen molar-refractivity contribution in [1.29, 1.82) is 0 Å². The van der Waals surface area contributed by atoms with Crippen molar-refractivity contribution in [3.05, 3.63) is 70.2 Å². The molecule has 0 aromatic heterocycles. The van der Waals surface area contributed by atoms with E-state index in [0.717, 1.165) is 5.56 Å². The number of benzene rings is 2. The van der Waals surface area contributed by atoms with E-state index in [4.69, 9.17) is 11.6 Å². The lowest BCUT2D eigenvalue weighted by Gasteiger charge is -2.22. The maximum absolute atomic E-state index is 12.9. The van der Waals surface area contributed by atoms with Crippen molar-refractivity contribution in [1.82, 2.24) is 4.72 Å². The first-order valence-corrected chi connectivity index (χ1v) is 10.9. The molecule has 2 aromatic rings. The van der Waals surface area contributed by atoms with Crippen LogP contribution >= 0.6 is 11.6 Å². The van der Waals surface area contributed by atoms with Crippen LogP contribution < -0.4 is 4.72 Å². The van der Waals surface area contributed by atoms with Crippen LogP contribution in [0.2, 0.25) is 5.02 Å². The molecule has 2 N–H and O–H groups in total. The fraction of sp³-hybridized carbons (Fsp3) is 0.316. The average molecular weight is 463 g/mol. The number of oxime groups is 1. The Morgan fingerprint density at radius 2 is 1.87 bits per heavy atom. The van der Waals surface area contributed by atoms with Gasteiger partial charge in [0.15, 0.2) is 0 Å². The summed E-state index contributed by atoms with van der Waals surface area (Å²) in [6.07, 6.45) is -5.57. The van der Waals surface area contributed by atoms with Gasteiger partial charge in [-0.05, 0) is 41.3 Å². The number of hydrogen-bond donors (Lipinski definition) is 2. The van der Waals surface area contributed by atoms with E-state index in [1.54, 1.807) is 36.4 Å². The molecule has 0 saturated carbocycles. The maximum Gasteiger partial charge on any atom is 0.458 e. The van der Waals surface area contributed by atoms with Crippen LogP contribution in [0.15, 0.2) is 53.7 Å². The van der Waals surface area contributed by atoms with Gasteiger partial charge in [0, 0.05) is 11.6 Å². The summed E-state index contributed by atoms with van der Waals surface area (Å²) in [5.74, 6) is -3.51. The number of sulfonamides is 1. The van der Waals surface area contributed by atoms with E-state index in [0.29, 0.717) is 16.1 Å². The zero-order chi connectivity index (χ0) is 22.0. The average Bonchev–Trinajstić information content (AvgIpc) is 3.09. The number of aliphatic hydroxyl groups is 1. The minimum absolute atomic E-state index is 0.0522. The largest absolute Gasteiger partial charge is 0.458 e. The molecule has 1 atom stereocenters. The Balaban J connectivity index is 1.60. The van der Waals surface area contributed by atoms with Gasteiger partial charge in [-0.25, -0.2) is 13.1 Å². The molecule has 1 unspecified atom stereocenters. The molecule has 0 radical (unpaired) electrons. The first-order chi connectivity index (χ1) is 14.0. The summed E-state index contributed by atoms with van der Waals surface area (Å²) in [7, 11) is -3.60. The van der Waals surface area contributed by atoms with Crippen LogP contribution in [0.25, 0.3) is 0 Å². The molecule has 6 nitrogen and oxygen atoms in total. The Morgan fingerprint density at radius 1 is 1.17 bits per heavy atom. The first kappa shape index (κ1) is 22.5. The van der Waals surface area contributed by atoms with Crippen molar-refractivity contribution in [2.45, 2.75) is 31.3 Å². The molecule has 30 heavy (non-hydrogen) atoms. The van der Waals surface area contributed by atoms with Crippen LogP contribution in [-0.4, -0.2) is 37.0 Å². The highest BCUT2D eigenvalue weighted by Gasteiger charge is 2.60. The molecule has 0 aliphatic carbocycles. The molecule has 1 aliphatic heterocycles. The fourth-order valence-electron chi connectivity index (χ4n) is 2.80.